The third-order valence-electron chi connectivity index (χ3n) is 11.0. The summed E-state index contributed by atoms with van der Waals surface area (Å²) in [5.41, 5.74) is 4.04. The van der Waals surface area contributed by atoms with Crippen molar-refractivity contribution in [3.63, 3.8) is 0 Å². The van der Waals surface area contributed by atoms with Crippen LogP contribution in [-0.4, -0.2) is 63.0 Å². The number of benzene rings is 3. The average molecular weight is 627 g/mol. The third kappa shape index (κ3) is 3.49. The minimum Gasteiger partial charge on any atom is -0.294 e. The van der Waals surface area contributed by atoms with Gasteiger partial charge in [-0.05, 0) is 36.5 Å². The molecule has 222 valence electrons. The second kappa shape index (κ2) is 8.48. The van der Waals surface area contributed by atoms with Gasteiger partial charge in [0.2, 0.25) is 0 Å². The smallest absolute Gasteiger partial charge is 0.168 e. The second-order valence-corrected chi connectivity index (χ2v) is 17.5. The summed E-state index contributed by atoms with van der Waals surface area (Å²) < 4.78 is 49.6. The first-order valence-electron chi connectivity index (χ1n) is 14.9. The summed E-state index contributed by atoms with van der Waals surface area (Å²) in [7, 11) is -6.57. The Morgan fingerprint density at radius 3 is 1.07 bits per heavy atom. The zero-order valence-corrected chi connectivity index (χ0v) is 25.1. The van der Waals surface area contributed by atoms with Crippen LogP contribution in [0.2, 0.25) is 0 Å². The number of hydrogen-bond acceptors (Lipinski definition) is 8. The second-order valence-electron chi connectivity index (χ2n) is 13.4. The van der Waals surface area contributed by atoms with Gasteiger partial charge in [0.05, 0.1) is 23.0 Å². The number of ketones is 4. The summed E-state index contributed by atoms with van der Waals surface area (Å²) in [4.78, 5) is 56.7. The highest BCUT2D eigenvalue weighted by Gasteiger charge is 2.50. The Hall–Kier alpha value is -3.76. The molecule has 3 aromatic rings. The van der Waals surface area contributed by atoms with E-state index >= 15 is 0 Å². The molecule has 0 bridgehead atoms. The van der Waals surface area contributed by atoms with Gasteiger partial charge in [0.25, 0.3) is 0 Å². The van der Waals surface area contributed by atoms with E-state index in [4.69, 9.17) is 0 Å². The molecule has 6 aliphatic rings. The summed E-state index contributed by atoms with van der Waals surface area (Å²) in [6.45, 7) is 0. The minimum absolute atomic E-state index is 0.0585. The molecule has 0 saturated carbocycles. The molecule has 2 heterocycles. The van der Waals surface area contributed by atoms with Crippen molar-refractivity contribution in [2.24, 2.45) is 23.7 Å². The van der Waals surface area contributed by atoms with Crippen LogP contribution in [-0.2, 0) is 19.7 Å². The SMILES string of the molecule is O=C1c2ccc3ccc4ccc5c(c4c3c2C(=O)C2CC3=C(CC12)CS(=O)(=O)C3)C(=O)C1CC2=C(CC1C5=O)CS(=O)(=O)C2. The van der Waals surface area contributed by atoms with Gasteiger partial charge in [-0.25, -0.2) is 16.8 Å². The zero-order valence-electron chi connectivity index (χ0n) is 23.5. The van der Waals surface area contributed by atoms with Crippen LogP contribution in [0, 0.1) is 23.7 Å². The van der Waals surface area contributed by atoms with E-state index in [2.05, 4.69) is 0 Å². The largest absolute Gasteiger partial charge is 0.294 e. The first-order valence-corrected chi connectivity index (χ1v) is 18.5. The molecule has 0 N–H and O–H groups in total. The van der Waals surface area contributed by atoms with Crippen molar-refractivity contribution in [3.8, 4) is 0 Å². The summed E-state index contributed by atoms with van der Waals surface area (Å²) in [5, 5.41) is 2.29. The summed E-state index contributed by atoms with van der Waals surface area (Å²) in [6, 6.07) is 10.5. The highest BCUT2D eigenvalue weighted by atomic mass is 32.2. The lowest BCUT2D eigenvalue weighted by Gasteiger charge is -2.36. The molecule has 8 nitrogen and oxygen atoms in total. The highest BCUT2D eigenvalue weighted by molar-refractivity contribution is 7.92. The molecule has 0 saturated heterocycles. The number of rotatable bonds is 0. The Morgan fingerprint density at radius 1 is 0.432 bits per heavy atom. The molecular weight excluding hydrogens is 601 g/mol. The fraction of sp³-hybridized carbons (Fsp3) is 0.353. The van der Waals surface area contributed by atoms with Crippen molar-refractivity contribution in [1.82, 2.24) is 0 Å². The quantitative estimate of drug-likeness (QED) is 0.267. The van der Waals surface area contributed by atoms with E-state index in [1.54, 1.807) is 24.3 Å². The van der Waals surface area contributed by atoms with Crippen LogP contribution in [0.4, 0.5) is 0 Å². The molecule has 0 amide bonds. The van der Waals surface area contributed by atoms with E-state index in [0.29, 0.717) is 21.5 Å². The maximum atomic E-state index is 14.4. The lowest BCUT2D eigenvalue weighted by atomic mass is 9.64. The van der Waals surface area contributed by atoms with Gasteiger partial charge in [0.15, 0.2) is 42.8 Å². The molecule has 0 spiro atoms. The Morgan fingerprint density at radius 2 is 0.727 bits per heavy atom. The van der Waals surface area contributed by atoms with Crippen LogP contribution < -0.4 is 0 Å². The number of sulfone groups is 2. The third-order valence-corrected chi connectivity index (χ3v) is 14.1. The molecule has 44 heavy (non-hydrogen) atoms. The maximum absolute atomic E-state index is 14.4. The molecular formula is C34H26O8S2. The molecule has 0 radical (unpaired) electrons. The molecule has 0 aromatic heterocycles. The van der Waals surface area contributed by atoms with Crippen molar-refractivity contribution >= 4 is 64.4 Å². The monoisotopic (exact) mass is 626 g/mol. The fourth-order valence-electron chi connectivity index (χ4n) is 9.04. The van der Waals surface area contributed by atoms with Crippen molar-refractivity contribution in [1.29, 1.82) is 0 Å². The number of fused-ring (bicyclic) bond motifs is 9. The topological polar surface area (TPSA) is 137 Å². The number of Topliss-reactive ketones (excluding diaryl/α,β-unsaturated/α-hetero) is 4. The Bertz CT molecular complexity index is 2140. The molecule has 10 heteroatoms. The van der Waals surface area contributed by atoms with E-state index in [9.17, 15) is 36.0 Å². The Labute approximate surface area is 253 Å². The van der Waals surface area contributed by atoms with E-state index in [0.717, 1.165) is 22.3 Å². The standard InChI is InChI=1S/C34H26O8S2/c35-31-21-5-3-15-1-2-16-4-6-22-30(34(38)26-10-20-14-44(41,42)12-18(20)8-24(26)32(22)36)28(16)27(15)29(21)33(37)25-9-19-13-43(39,40)11-17(19)7-23(25)31/h1-6,23-26H,7-14H2. The van der Waals surface area contributed by atoms with Gasteiger partial charge in [-0.15, -0.1) is 0 Å². The van der Waals surface area contributed by atoms with Gasteiger partial charge in [0.1, 0.15) is 0 Å². The van der Waals surface area contributed by atoms with E-state index in [-0.39, 0.29) is 94.1 Å². The fourth-order valence-corrected chi connectivity index (χ4v) is 12.7. The first-order chi connectivity index (χ1) is 20.9. The van der Waals surface area contributed by atoms with Gasteiger partial charge < -0.3 is 0 Å². The lowest BCUT2D eigenvalue weighted by Crippen LogP contribution is -2.40. The number of hydrogen-bond donors (Lipinski definition) is 0. The highest BCUT2D eigenvalue weighted by Crippen LogP contribution is 2.50. The number of carbonyl (C=O) groups excluding carboxylic acids is 4. The van der Waals surface area contributed by atoms with Gasteiger partial charge >= 0.3 is 0 Å². The summed E-state index contributed by atoms with van der Waals surface area (Å²) in [5.74, 6) is -3.74. The van der Waals surface area contributed by atoms with Crippen molar-refractivity contribution in [2.75, 3.05) is 23.0 Å². The predicted molar refractivity (Wildman–Crippen MR) is 163 cm³/mol. The van der Waals surface area contributed by atoms with Gasteiger partial charge in [-0.3, -0.25) is 19.2 Å². The summed E-state index contributed by atoms with van der Waals surface area (Å²) >= 11 is 0. The maximum Gasteiger partial charge on any atom is 0.168 e. The van der Waals surface area contributed by atoms with Gasteiger partial charge in [-0.1, -0.05) is 58.7 Å². The molecule has 4 unspecified atom stereocenters. The van der Waals surface area contributed by atoms with Gasteiger partial charge in [0, 0.05) is 56.7 Å². The summed E-state index contributed by atoms with van der Waals surface area (Å²) in [6.07, 6.45) is 0.972. The predicted octanol–water partition coefficient (Wildman–Crippen LogP) is 4.25. The minimum atomic E-state index is -3.28. The Kier molecular flexibility index (Phi) is 5.13. The molecule has 4 atom stereocenters. The molecule has 4 aliphatic carbocycles. The van der Waals surface area contributed by atoms with Crippen molar-refractivity contribution in [2.45, 2.75) is 25.7 Å². The van der Waals surface area contributed by atoms with Crippen LogP contribution in [0.25, 0.3) is 21.5 Å². The van der Waals surface area contributed by atoms with Crippen molar-refractivity contribution in [3.05, 3.63) is 80.9 Å². The van der Waals surface area contributed by atoms with E-state index in [1.807, 2.05) is 12.1 Å². The van der Waals surface area contributed by atoms with Crippen LogP contribution >= 0.6 is 0 Å². The van der Waals surface area contributed by atoms with Crippen LogP contribution in [0.15, 0.2) is 58.7 Å². The van der Waals surface area contributed by atoms with E-state index in [1.165, 1.54) is 0 Å². The molecule has 0 fully saturated rings. The van der Waals surface area contributed by atoms with Crippen molar-refractivity contribution < 1.29 is 36.0 Å². The van der Waals surface area contributed by atoms with Crippen LogP contribution in [0.5, 0.6) is 0 Å². The first kappa shape index (κ1) is 26.6. The van der Waals surface area contributed by atoms with Gasteiger partial charge in [-0.2, -0.15) is 0 Å². The number of carbonyl (C=O) groups is 4. The van der Waals surface area contributed by atoms with Crippen LogP contribution in [0.3, 0.4) is 0 Å². The molecule has 2 aliphatic heterocycles. The van der Waals surface area contributed by atoms with Crippen LogP contribution in [0.1, 0.15) is 67.1 Å². The Balaban J connectivity index is 1.24. The van der Waals surface area contributed by atoms with E-state index < -0.39 is 43.3 Å². The molecule has 9 rings (SSSR count). The normalized spacial score (nSPS) is 29.8. The molecule has 3 aromatic carbocycles. The average Bonchev–Trinajstić information content (AvgIpc) is 3.46. The zero-order chi connectivity index (χ0) is 30.4. The lowest BCUT2D eigenvalue weighted by molar-refractivity contribution is 0.0723.